The van der Waals surface area contributed by atoms with Crippen LogP contribution in [0.4, 0.5) is 0 Å². The van der Waals surface area contributed by atoms with Crippen LogP contribution < -0.4 is 0 Å². The molecule has 300 valence electrons. The van der Waals surface area contributed by atoms with E-state index in [1.165, 1.54) is 6.92 Å². The van der Waals surface area contributed by atoms with E-state index in [4.69, 9.17) is 16.0 Å². The van der Waals surface area contributed by atoms with Crippen LogP contribution in [-0.4, -0.2) is 19.6 Å². The molecule has 0 aliphatic heterocycles. The first-order valence-corrected chi connectivity index (χ1v) is 19.5. The van der Waals surface area contributed by atoms with Crippen LogP contribution in [0.15, 0.2) is 133 Å². The maximum absolute atomic E-state index is 11.3. The Morgan fingerprint density at radius 1 is 0.712 bits per heavy atom. The summed E-state index contributed by atoms with van der Waals surface area (Å²) >= 11 is 0. The van der Waals surface area contributed by atoms with Crippen molar-refractivity contribution in [2.45, 2.75) is 79.5 Å². The molecule has 59 heavy (non-hydrogen) atoms. The van der Waals surface area contributed by atoms with Gasteiger partial charge in [-0.1, -0.05) is 144 Å². The molecule has 2 heterocycles. The number of aryl methyl sites for hydroxylation is 1. The number of hydrogen-bond acceptors (Lipinski definition) is 3. The van der Waals surface area contributed by atoms with Gasteiger partial charge in [-0.05, 0) is 106 Å². The monoisotopic (exact) mass is 962 g/mol. The first kappa shape index (κ1) is 31.4. The van der Waals surface area contributed by atoms with Gasteiger partial charge in [0, 0.05) is 35.7 Å². The van der Waals surface area contributed by atoms with Crippen molar-refractivity contribution in [3.8, 4) is 67.5 Å². The Hall–Kier alpha value is -5.57. The molecule has 8 aromatic rings. The molecule has 0 saturated heterocycles. The van der Waals surface area contributed by atoms with Gasteiger partial charge in [0.2, 0.25) is 0 Å². The molecule has 0 unspecified atom stereocenters. The molecular weight excluding hydrogens is 902 g/mol. The molecule has 0 atom stereocenters. The molecule has 0 spiro atoms. The molecule has 0 bridgehead atoms. The van der Waals surface area contributed by atoms with Crippen LogP contribution >= 0.6 is 0 Å². The van der Waals surface area contributed by atoms with Gasteiger partial charge in [0.15, 0.2) is 0 Å². The average molecular weight is 963 g/mol. The van der Waals surface area contributed by atoms with Crippen LogP contribution in [0.5, 0.6) is 5.75 Å². The average Bonchev–Trinajstić information content (AvgIpc) is 3.65. The first-order chi connectivity index (χ1) is 31.3. The zero-order chi connectivity index (χ0) is 48.8. The molecule has 0 aliphatic rings. The summed E-state index contributed by atoms with van der Waals surface area (Å²) < 4.78 is 81.3. The number of nitrogens with zero attached hydrogens (tertiary/aromatic N) is 3. The fourth-order valence-corrected chi connectivity index (χ4v) is 7.21. The second-order valence-electron chi connectivity index (χ2n) is 16.4. The zero-order valence-electron chi connectivity index (χ0n) is 43.8. The molecule has 4 nitrogen and oxygen atoms in total. The van der Waals surface area contributed by atoms with Gasteiger partial charge in [0.1, 0.15) is 11.6 Å². The van der Waals surface area contributed by atoms with Crippen LogP contribution in [0, 0.1) is 19.9 Å². The second-order valence-corrected chi connectivity index (χ2v) is 16.4. The van der Waals surface area contributed by atoms with Gasteiger partial charge >= 0.3 is 0 Å². The van der Waals surface area contributed by atoms with Crippen molar-refractivity contribution >= 4 is 11.0 Å². The third-order valence-corrected chi connectivity index (χ3v) is 10.6. The first-order valence-electron chi connectivity index (χ1n) is 24.0. The molecule has 0 saturated carbocycles. The molecule has 0 aliphatic carbocycles. The van der Waals surface area contributed by atoms with Crippen molar-refractivity contribution in [2.75, 3.05) is 0 Å². The van der Waals surface area contributed by atoms with Crippen molar-refractivity contribution in [3.05, 3.63) is 167 Å². The Bertz CT molecular complexity index is 3260. The number of imidazole rings is 1. The Morgan fingerprint density at radius 3 is 2.05 bits per heavy atom. The third-order valence-electron chi connectivity index (χ3n) is 10.6. The smallest absolute Gasteiger partial charge is 0.148 e. The van der Waals surface area contributed by atoms with E-state index in [2.05, 4.69) is 17.1 Å². The Kier molecular flexibility index (Phi) is 8.82. The van der Waals surface area contributed by atoms with Gasteiger partial charge in [-0.25, -0.2) is 4.98 Å². The largest absolute Gasteiger partial charge is 0.507 e. The molecule has 6 aromatic carbocycles. The van der Waals surface area contributed by atoms with Crippen LogP contribution in [0.1, 0.15) is 100 Å². The van der Waals surface area contributed by atoms with Crippen molar-refractivity contribution in [3.63, 3.8) is 0 Å². The van der Waals surface area contributed by atoms with E-state index < -0.39 is 41.5 Å². The second kappa shape index (κ2) is 16.6. The summed E-state index contributed by atoms with van der Waals surface area (Å²) in [5.41, 5.74) is 8.73. The number of para-hydroxylation sites is 2. The maximum atomic E-state index is 11.3. The predicted octanol–water partition coefficient (Wildman–Crippen LogP) is 14.4. The van der Waals surface area contributed by atoms with Crippen molar-refractivity contribution in [2.24, 2.45) is 0 Å². The minimum absolute atomic E-state index is 0. The number of phenols is 1. The fourth-order valence-electron chi connectivity index (χ4n) is 7.21. The Balaban J connectivity index is 0.00000684. The van der Waals surface area contributed by atoms with E-state index in [1.54, 1.807) is 12.1 Å². The summed E-state index contributed by atoms with van der Waals surface area (Å²) in [5, 5.41) is 11.3. The van der Waals surface area contributed by atoms with Gasteiger partial charge in [0.05, 0.1) is 31.9 Å². The number of aromatic hydroxyl groups is 1. The topological polar surface area (TPSA) is 50.9 Å². The summed E-state index contributed by atoms with van der Waals surface area (Å²) in [5.74, 6) is -1.23. The summed E-state index contributed by atoms with van der Waals surface area (Å²) in [6.45, 7) is 17.0. The minimum atomic E-state index is -0.879. The van der Waals surface area contributed by atoms with Crippen LogP contribution in [-0.2, 0) is 26.5 Å². The van der Waals surface area contributed by atoms with E-state index in [0.717, 1.165) is 44.6 Å². The quantitative estimate of drug-likeness (QED) is 0.154. The number of aromatic nitrogens is 3. The zero-order valence-corrected chi connectivity index (χ0v) is 37.0. The van der Waals surface area contributed by atoms with Gasteiger partial charge in [-0.15, -0.1) is 29.3 Å². The van der Waals surface area contributed by atoms with Crippen molar-refractivity contribution in [1.82, 2.24) is 14.5 Å². The summed E-state index contributed by atoms with van der Waals surface area (Å²) in [6, 6.07) is 30.1. The number of rotatable bonds is 8. The summed E-state index contributed by atoms with van der Waals surface area (Å²) in [7, 11) is 0. The van der Waals surface area contributed by atoms with E-state index in [1.807, 2.05) is 133 Å². The summed E-state index contributed by atoms with van der Waals surface area (Å²) in [6.07, 6.45) is -0.488. The van der Waals surface area contributed by atoms with Crippen LogP contribution in [0.3, 0.4) is 0 Å². The van der Waals surface area contributed by atoms with Gasteiger partial charge < -0.3 is 5.11 Å². The third kappa shape index (κ3) is 8.34. The number of hydrogen-bond donors (Lipinski definition) is 1. The number of phenolic OH excluding ortho intramolecular Hbond substituents is 1. The van der Waals surface area contributed by atoms with Crippen molar-refractivity contribution in [1.29, 1.82) is 0 Å². The molecule has 0 fully saturated rings. The van der Waals surface area contributed by atoms with Crippen LogP contribution in [0.25, 0.3) is 72.7 Å². The fraction of sp³-hybridized carbons (Fsp3) is 0.222. The van der Waals surface area contributed by atoms with E-state index in [9.17, 15) is 6.48 Å². The normalized spacial score (nSPS) is 14.2. The SMILES string of the molecule is [2H]c1nc(-c2[c-]c(-c3cccc4c3nc(-c3ccccc3O)n4-c3ccc(-c4cc(C([2H])(C)C)cc(C([2H])(C)C)c4)cc3C)cc(C(C)(C)C)c2)c([2H])c(-c2c([2H])c([2H])c(C)c([2H])c2[2H])c1[2H].[Pt]. The maximum Gasteiger partial charge on any atom is 0.148 e. The number of benzene rings is 6. The predicted molar refractivity (Wildman–Crippen MR) is 243 cm³/mol. The van der Waals surface area contributed by atoms with Crippen LogP contribution in [0.2, 0.25) is 0 Å². The van der Waals surface area contributed by atoms with E-state index >= 15 is 0 Å². The molecule has 5 heteroatoms. The molecule has 8 rings (SSSR count). The van der Waals surface area contributed by atoms with Gasteiger partial charge in [0.25, 0.3) is 0 Å². The molecule has 0 radical (unpaired) electrons. The van der Waals surface area contributed by atoms with Crippen molar-refractivity contribution < 1.29 is 38.5 Å². The molecule has 1 N–H and O–H groups in total. The molecule has 2 aromatic heterocycles. The standard InChI is InChI=1S/C54H52N3O.Pt/c1-33(2)40-26-41(34(3)4)28-42(27-40)38-21-22-49(36(6)25-38)57-50-15-12-14-46(52(50)56-53(57)47-13-10-11-16-51(47)58)43-29-44(31-45(30-43)54(7,8)9)48-32-39(23-24-55-48)37-19-17-35(5)18-20-37;/h10-28,30-34,58H,1-9H3;/q-1;/i17D,18D,19D,20D,23D,24D,32D,33D,34D;. The van der Waals surface area contributed by atoms with Gasteiger partial charge in [-0.3, -0.25) is 9.55 Å². The Labute approximate surface area is 377 Å². The van der Waals surface area contributed by atoms with E-state index in [-0.39, 0.29) is 67.3 Å². The minimum Gasteiger partial charge on any atom is -0.507 e. The summed E-state index contributed by atoms with van der Waals surface area (Å²) in [4.78, 5) is 9.71. The number of fused-ring (bicyclic) bond motifs is 1. The molecule has 0 amide bonds. The van der Waals surface area contributed by atoms with Gasteiger partial charge in [-0.2, -0.15) is 0 Å². The number of pyridine rings is 1. The molecular formula is C54H52N3OPt-. The van der Waals surface area contributed by atoms with E-state index in [0.29, 0.717) is 33.6 Å². The Morgan fingerprint density at radius 2 is 1.39 bits per heavy atom.